The quantitative estimate of drug-likeness (QED) is 0.850. The van der Waals surface area contributed by atoms with Crippen molar-refractivity contribution in [2.24, 2.45) is 12.8 Å². The van der Waals surface area contributed by atoms with E-state index in [4.69, 9.17) is 5.73 Å². The van der Waals surface area contributed by atoms with E-state index in [1.807, 2.05) is 38.2 Å². The van der Waals surface area contributed by atoms with Crippen molar-refractivity contribution in [1.29, 1.82) is 0 Å². The molecule has 0 fully saturated rings. The van der Waals surface area contributed by atoms with Gasteiger partial charge in [-0.3, -0.25) is 4.90 Å². The summed E-state index contributed by atoms with van der Waals surface area (Å²) in [4.78, 5) is 2.01. The number of aromatic nitrogens is 1. The molecule has 0 radical (unpaired) electrons. The number of aryl methyl sites for hydroxylation is 1. The Morgan fingerprint density at radius 1 is 1.33 bits per heavy atom. The van der Waals surface area contributed by atoms with Gasteiger partial charge in [0.05, 0.1) is 12.1 Å². The van der Waals surface area contributed by atoms with Gasteiger partial charge in [-0.25, -0.2) is 0 Å². The zero-order valence-electron chi connectivity index (χ0n) is 11.2. The third-order valence-electron chi connectivity index (χ3n) is 3.41. The summed E-state index contributed by atoms with van der Waals surface area (Å²) in [6.07, 6.45) is 1.51. The standard InChI is InChI=1S/C14H21N3O/c1-16(2)14(13(18)8-15)11-9-17(3)12-7-5-4-6-10(11)12/h4-7,9,13-14,18H,8,15H2,1-3H3. The van der Waals surface area contributed by atoms with Gasteiger partial charge in [0, 0.05) is 30.7 Å². The molecule has 0 aliphatic rings. The molecule has 98 valence electrons. The first kappa shape index (κ1) is 13.1. The van der Waals surface area contributed by atoms with Crippen LogP contribution in [-0.2, 0) is 7.05 Å². The third kappa shape index (κ3) is 2.14. The van der Waals surface area contributed by atoms with Gasteiger partial charge >= 0.3 is 0 Å². The van der Waals surface area contributed by atoms with Gasteiger partial charge in [0.15, 0.2) is 0 Å². The number of hydrogen-bond acceptors (Lipinski definition) is 3. The monoisotopic (exact) mass is 247 g/mol. The molecule has 0 amide bonds. The Labute approximate surface area is 108 Å². The average molecular weight is 247 g/mol. The summed E-state index contributed by atoms with van der Waals surface area (Å²) in [6.45, 7) is 0.256. The SMILES string of the molecule is CN(C)C(c1cn(C)c2ccccc12)C(O)CN. The number of aliphatic hydroxyl groups is 1. The molecule has 2 aromatic rings. The molecule has 0 bridgehead atoms. The number of fused-ring (bicyclic) bond motifs is 1. The Kier molecular flexibility index (Phi) is 3.71. The summed E-state index contributed by atoms with van der Waals surface area (Å²) in [5, 5.41) is 11.3. The molecule has 1 aromatic heterocycles. The summed E-state index contributed by atoms with van der Waals surface area (Å²) in [6, 6.07) is 8.13. The predicted octanol–water partition coefficient (Wildman–Crippen LogP) is 1.10. The second kappa shape index (κ2) is 5.10. The number of para-hydroxylation sites is 1. The molecule has 3 N–H and O–H groups in total. The molecule has 1 aromatic carbocycles. The lowest BCUT2D eigenvalue weighted by molar-refractivity contribution is 0.0830. The topological polar surface area (TPSA) is 54.4 Å². The van der Waals surface area contributed by atoms with Crippen LogP contribution in [0.15, 0.2) is 30.5 Å². The van der Waals surface area contributed by atoms with Crippen molar-refractivity contribution in [3.8, 4) is 0 Å². The number of aliphatic hydroxyl groups excluding tert-OH is 1. The Hall–Kier alpha value is -1.36. The van der Waals surface area contributed by atoms with Crippen molar-refractivity contribution >= 4 is 10.9 Å². The van der Waals surface area contributed by atoms with E-state index < -0.39 is 6.10 Å². The van der Waals surface area contributed by atoms with Crippen molar-refractivity contribution in [3.63, 3.8) is 0 Å². The lowest BCUT2D eigenvalue weighted by Crippen LogP contribution is -2.36. The number of likely N-dealkylation sites (N-methyl/N-ethyl adjacent to an activating group) is 1. The lowest BCUT2D eigenvalue weighted by atomic mass is 10.00. The van der Waals surface area contributed by atoms with Crippen LogP contribution in [0.4, 0.5) is 0 Å². The van der Waals surface area contributed by atoms with Crippen LogP contribution in [0, 0.1) is 0 Å². The van der Waals surface area contributed by atoms with Gasteiger partial charge in [-0.2, -0.15) is 0 Å². The summed E-state index contributed by atoms with van der Waals surface area (Å²) in [5.41, 5.74) is 7.91. The van der Waals surface area contributed by atoms with Crippen LogP contribution in [0.3, 0.4) is 0 Å². The van der Waals surface area contributed by atoms with Gasteiger partial charge in [0.25, 0.3) is 0 Å². The highest BCUT2D eigenvalue weighted by molar-refractivity contribution is 5.84. The molecule has 0 saturated carbocycles. The first-order chi connectivity index (χ1) is 8.56. The third-order valence-corrected chi connectivity index (χ3v) is 3.41. The fourth-order valence-electron chi connectivity index (χ4n) is 2.57. The van der Waals surface area contributed by atoms with Crippen LogP contribution < -0.4 is 5.73 Å². The molecule has 4 nitrogen and oxygen atoms in total. The molecule has 0 spiro atoms. The number of hydrogen-bond donors (Lipinski definition) is 2. The fraction of sp³-hybridized carbons (Fsp3) is 0.429. The van der Waals surface area contributed by atoms with Gasteiger partial charge in [-0.1, -0.05) is 18.2 Å². The van der Waals surface area contributed by atoms with Crippen molar-refractivity contribution in [3.05, 3.63) is 36.0 Å². The van der Waals surface area contributed by atoms with Gasteiger partial charge in [-0.05, 0) is 25.7 Å². The summed E-state index contributed by atoms with van der Waals surface area (Å²) in [7, 11) is 5.95. The first-order valence-corrected chi connectivity index (χ1v) is 6.14. The van der Waals surface area contributed by atoms with E-state index in [9.17, 15) is 5.11 Å². The first-order valence-electron chi connectivity index (χ1n) is 6.14. The predicted molar refractivity (Wildman–Crippen MR) is 74.4 cm³/mol. The largest absolute Gasteiger partial charge is 0.390 e. The van der Waals surface area contributed by atoms with Crippen molar-refractivity contribution in [2.45, 2.75) is 12.1 Å². The fourth-order valence-corrected chi connectivity index (χ4v) is 2.57. The maximum absolute atomic E-state index is 10.1. The van der Waals surface area contributed by atoms with Crippen LogP contribution >= 0.6 is 0 Å². The van der Waals surface area contributed by atoms with Crippen molar-refractivity contribution < 1.29 is 5.11 Å². The highest BCUT2D eigenvalue weighted by Gasteiger charge is 2.25. The van der Waals surface area contributed by atoms with Crippen molar-refractivity contribution in [2.75, 3.05) is 20.6 Å². The molecule has 2 unspecified atom stereocenters. The smallest absolute Gasteiger partial charge is 0.0859 e. The molecule has 2 atom stereocenters. The van der Waals surface area contributed by atoms with E-state index in [1.54, 1.807) is 0 Å². The molecule has 2 rings (SSSR count). The highest BCUT2D eigenvalue weighted by atomic mass is 16.3. The summed E-state index contributed by atoms with van der Waals surface area (Å²) < 4.78 is 2.09. The summed E-state index contributed by atoms with van der Waals surface area (Å²) in [5.74, 6) is 0. The number of nitrogens with zero attached hydrogens (tertiary/aromatic N) is 2. The van der Waals surface area contributed by atoms with E-state index in [1.165, 1.54) is 10.9 Å². The molecule has 18 heavy (non-hydrogen) atoms. The van der Waals surface area contributed by atoms with Gasteiger partial charge < -0.3 is 15.4 Å². The van der Waals surface area contributed by atoms with E-state index in [0.717, 1.165) is 5.56 Å². The van der Waals surface area contributed by atoms with Crippen LogP contribution in [0.1, 0.15) is 11.6 Å². The minimum atomic E-state index is -0.564. The zero-order chi connectivity index (χ0) is 13.3. The molecule has 0 saturated heterocycles. The molecule has 0 aliphatic carbocycles. The van der Waals surface area contributed by atoms with Crippen LogP contribution in [0.2, 0.25) is 0 Å². The van der Waals surface area contributed by atoms with Crippen LogP contribution in [0.25, 0.3) is 10.9 Å². The van der Waals surface area contributed by atoms with Gasteiger partial charge in [-0.15, -0.1) is 0 Å². The number of rotatable bonds is 4. The lowest BCUT2D eigenvalue weighted by Gasteiger charge is -2.28. The van der Waals surface area contributed by atoms with E-state index in [2.05, 4.69) is 22.9 Å². The van der Waals surface area contributed by atoms with E-state index in [-0.39, 0.29) is 12.6 Å². The minimum Gasteiger partial charge on any atom is -0.390 e. The maximum atomic E-state index is 10.1. The summed E-state index contributed by atoms with van der Waals surface area (Å²) >= 11 is 0. The Balaban J connectivity index is 2.57. The van der Waals surface area contributed by atoms with Gasteiger partial charge in [0.1, 0.15) is 0 Å². The minimum absolute atomic E-state index is 0.0823. The van der Waals surface area contributed by atoms with Gasteiger partial charge in [0.2, 0.25) is 0 Å². The Morgan fingerprint density at radius 2 is 2.00 bits per heavy atom. The number of nitrogens with two attached hydrogens (primary N) is 1. The second-order valence-electron chi connectivity index (χ2n) is 4.92. The Morgan fingerprint density at radius 3 is 2.61 bits per heavy atom. The van der Waals surface area contributed by atoms with E-state index >= 15 is 0 Å². The van der Waals surface area contributed by atoms with Crippen LogP contribution in [-0.4, -0.2) is 41.3 Å². The zero-order valence-corrected chi connectivity index (χ0v) is 11.2. The molecular formula is C14H21N3O. The average Bonchev–Trinajstić information content (AvgIpc) is 2.67. The van der Waals surface area contributed by atoms with Crippen LogP contribution in [0.5, 0.6) is 0 Å². The number of benzene rings is 1. The van der Waals surface area contributed by atoms with E-state index in [0.29, 0.717) is 0 Å². The molecular weight excluding hydrogens is 226 g/mol. The maximum Gasteiger partial charge on any atom is 0.0859 e. The molecule has 0 aliphatic heterocycles. The normalized spacial score (nSPS) is 15.2. The molecule has 4 heteroatoms. The highest BCUT2D eigenvalue weighted by Crippen LogP contribution is 2.30. The molecule has 1 heterocycles. The Bertz CT molecular complexity index is 533. The van der Waals surface area contributed by atoms with Crippen molar-refractivity contribution in [1.82, 2.24) is 9.47 Å². The second-order valence-corrected chi connectivity index (χ2v) is 4.92.